The highest BCUT2D eigenvalue weighted by molar-refractivity contribution is 8.02. The minimum Gasteiger partial charge on any atom is -0.466 e. The normalized spacial score (nSPS) is 23.0. The van der Waals surface area contributed by atoms with Crippen molar-refractivity contribution in [1.82, 2.24) is 19.7 Å². The number of thioether (sulfide) groups is 1. The molecule has 1 saturated heterocycles. The van der Waals surface area contributed by atoms with Crippen molar-refractivity contribution in [2.75, 3.05) is 39.0 Å². The van der Waals surface area contributed by atoms with Crippen molar-refractivity contribution in [1.29, 1.82) is 0 Å². The van der Waals surface area contributed by atoms with E-state index in [9.17, 15) is 4.79 Å². The van der Waals surface area contributed by atoms with E-state index in [1.54, 1.807) is 11.8 Å². The zero-order chi connectivity index (χ0) is 23.4. The van der Waals surface area contributed by atoms with Crippen molar-refractivity contribution in [3.63, 3.8) is 0 Å². The van der Waals surface area contributed by atoms with Crippen LogP contribution in [0.1, 0.15) is 46.5 Å². The Balaban J connectivity index is 1.52. The number of carbonyl (C=O) groups is 1. The number of rotatable bonds is 6. The number of hydrogen-bond acceptors (Lipinski definition) is 9. The molecular formula is C24H36N6O2S. The number of likely N-dealkylation sites (tertiary alicyclic amines) is 1. The van der Waals surface area contributed by atoms with E-state index in [-0.39, 0.29) is 12.1 Å². The predicted molar refractivity (Wildman–Crippen MR) is 134 cm³/mol. The van der Waals surface area contributed by atoms with Gasteiger partial charge < -0.3 is 19.4 Å². The fourth-order valence-corrected chi connectivity index (χ4v) is 5.59. The van der Waals surface area contributed by atoms with Crippen LogP contribution in [-0.4, -0.2) is 82.6 Å². The lowest BCUT2D eigenvalue weighted by molar-refractivity contribution is -0.144. The standard InChI is InChI=1S/C24H36N6O2S/c1-5-19-24(29(6-2)21-17-33-15-12-25-21)30-22(27(19)4)9-8-20(26-30)28-13-10-18(11-14-28)16-23(31)32-7-3/h8-9,12,15,18,22H,5-7,10-11,13-14,16-17H2,1-4H3. The molecule has 0 radical (unpaired) electrons. The second-order valence-electron chi connectivity index (χ2n) is 8.64. The number of hydrogen-bond donors (Lipinski definition) is 0. The lowest BCUT2D eigenvalue weighted by Crippen LogP contribution is -2.45. The zero-order valence-corrected chi connectivity index (χ0v) is 21.1. The molecule has 180 valence electrons. The third kappa shape index (κ3) is 4.93. The maximum absolute atomic E-state index is 11.9. The maximum atomic E-state index is 11.9. The molecule has 0 bridgehead atoms. The monoisotopic (exact) mass is 472 g/mol. The zero-order valence-electron chi connectivity index (χ0n) is 20.2. The smallest absolute Gasteiger partial charge is 0.306 e. The number of carbonyl (C=O) groups excluding carboxylic acids is 1. The molecule has 1 atom stereocenters. The van der Waals surface area contributed by atoms with Gasteiger partial charge in [0.2, 0.25) is 0 Å². The number of piperidine rings is 1. The van der Waals surface area contributed by atoms with Crippen LogP contribution in [0.3, 0.4) is 0 Å². The van der Waals surface area contributed by atoms with Crippen LogP contribution in [0.15, 0.2) is 45.4 Å². The summed E-state index contributed by atoms with van der Waals surface area (Å²) >= 11 is 1.78. The second-order valence-corrected chi connectivity index (χ2v) is 9.53. The van der Waals surface area contributed by atoms with Crippen LogP contribution in [0.5, 0.6) is 0 Å². The average molecular weight is 473 g/mol. The van der Waals surface area contributed by atoms with E-state index >= 15 is 0 Å². The van der Waals surface area contributed by atoms with Gasteiger partial charge in [0.25, 0.3) is 0 Å². The molecular weight excluding hydrogens is 436 g/mol. The van der Waals surface area contributed by atoms with Crippen molar-refractivity contribution < 1.29 is 9.53 Å². The van der Waals surface area contributed by atoms with E-state index in [4.69, 9.17) is 9.84 Å². The van der Waals surface area contributed by atoms with Crippen LogP contribution in [0.2, 0.25) is 0 Å². The molecule has 8 nitrogen and oxygen atoms in total. The molecule has 4 rings (SSSR count). The Bertz CT molecular complexity index is 887. The molecule has 0 aromatic rings. The second kappa shape index (κ2) is 10.7. The minimum atomic E-state index is -0.0750. The molecule has 0 aromatic carbocycles. The number of aliphatic imine (C=N–C) groups is 1. The molecule has 0 spiro atoms. The van der Waals surface area contributed by atoms with Gasteiger partial charge in [-0.3, -0.25) is 4.79 Å². The van der Waals surface area contributed by atoms with Crippen molar-refractivity contribution in [3.05, 3.63) is 35.3 Å². The lowest BCUT2D eigenvalue weighted by atomic mass is 9.93. The fourth-order valence-electron chi connectivity index (χ4n) is 4.97. The summed E-state index contributed by atoms with van der Waals surface area (Å²) in [5.74, 6) is 4.40. The first-order chi connectivity index (χ1) is 16.1. The van der Waals surface area contributed by atoms with Crippen molar-refractivity contribution in [2.24, 2.45) is 16.0 Å². The Kier molecular flexibility index (Phi) is 7.67. The topological polar surface area (TPSA) is 64.0 Å². The molecule has 9 heteroatoms. The van der Waals surface area contributed by atoms with Crippen LogP contribution < -0.4 is 0 Å². The van der Waals surface area contributed by atoms with E-state index in [1.807, 2.05) is 18.5 Å². The Morgan fingerprint density at radius 3 is 2.70 bits per heavy atom. The van der Waals surface area contributed by atoms with Gasteiger partial charge >= 0.3 is 5.97 Å². The van der Waals surface area contributed by atoms with Gasteiger partial charge in [0, 0.05) is 39.3 Å². The third-order valence-corrected chi connectivity index (χ3v) is 7.43. The van der Waals surface area contributed by atoms with Crippen LogP contribution in [-0.2, 0) is 9.53 Å². The molecule has 4 aliphatic rings. The van der Waals surface area contributed by atoms with Crippen LogP contribution in [0, 0.1) is 5.92 Å². The van der Waals surface area contributed by atoms with Gasteiger partial charge in [0.05, 0.1) is 18.1 Å². The summed E-state index contributed by atoms with van der Waals surface area (Å²) in [5.41, 5.74) is 1.28. The summed E-state index contributed by atoms with van der Waals surface area (Å²) in [5, 5.41) is 9.37. The molecule has 1 unspecified atom stereocenters. The Hall–Kier alpha value is -2.42. The summed E-state index contributed by atoms with van der Waals surface area (Å²) in [4.78, 5) is 23.5. The number of fused-ring (bicyclic) bond motifs is 1. The molecule has 0 amide bonds. The number of amidine groups is 2. The first-order valence-corrected chi connectivity index (χ1v) is 13.2. The van der Waals surface area contributed by atoms with E-state index in [0.29, 0.717) is 18.9 Å². The predicted octanol–water partition coefficient (Wildman–Crippen LogP) is 3.63. The summed E-state index contributed by atoms with van der Waals surface area (Å²) in [6, 6.07) is 0. The van der Waals surface area contributed by atoms with Crippen molar-refractivity contribution in [2.45, 2.75) is 52.6 Å². The minimum absolute atomic E-state index is 0.0750. The Labute approximate surface area is 201 Å². The van der Waals surface area contributed by atoms with E-state index in [2.05, 4.69) is 57.7 Å². The molecule has 0 N–H and O–H groups in total. The number of ether oxygens (including phenoxy) is 1. The van der Waals surface area contributed by atoms with E-state index < -0.39 is 0 Å². The van der Waals surface area contributed by atoms with Gasteiger partial charge in [-0.25, -0.2) is 10.0 Å². The molecule has 0 aromatic heterocycles. The SMILES string of the molecule is CCOC(=O)CC1CCN(C2=NN3C(N(CC)C4=NC=CSC4)=C(CC)N(C)C3C=C2)CC1. The number of allylic oxidation sites excluding steroid dienone is 1. The highest BCUT2D eigenvalue weighted by Gasteiger charge is 2.40. The number of nitrogens with zero attached hydrogens (tertiary/aromatic N) is 6. The average Bonchev–Trinajstić information content (AvgIpc) is 3.12. The van der Waals surface area contributed by atoms with Crippen LogP contribution >= 0.6 is 11.8 Å². The largest absolute Gasteiger partial charge is 0.466 e. The summed E-state index contributed by atoms with van der Waals surface area (Å²) < 4.78 is 5.14. The summed E-state index contributed by atoms with van der Waals surface area (Å²) in [7, 11) is 2.15. The highest BCUT2D eigenvalue weighted by Crippen LogP contribution is 2.36. The molecule has 0 saturated carbocycles. The molecule has 1 fully saturated rings. The van der Waals surface area contributed by atoms with Gasteiger partial charge in [0.15, 0.2) is 5.82 Å². The summed E-state index contributed by atoms with van der Waals surface area (Å²) in [6.07, 6.45) is 9.81. The van der Waals surface area contributed by atoms with Gasteiger partial charge in [0.1, 0.15) is 17.8 Å². The Morgan fingerprint density at radius 1 is 1.27 bits per heavy atom. The Morgan fingerprint density at radius 2 is 2.06 bits per heavy atom. The van der Waals surface area contributed by atoms with Crippen molar-refractivity contribution in [3.8, 4) is 0 Å². The first kappa shape index (κ1) is 23.7. The first-order valence-electron chi connectivity index (χ1n) is 12.1. The summed E-state index contributed by atoms with van der Waals surface area (Å²) in [6.45, 7) is 9.36. The lowest BCUT2D eigenvalue weighted by Gasteiger charge is -2.38. The number of likely N-dealkylation sites (N-methyl/N-ethyl adjacent to an activating group) is 1. The molecule has 0 aliphatic carbocycles. The molecule has 33 heavy (non-hydrogen) atoms. The molecule has 4 heterocycles. The van der Waals surface area contributed by atoms with Gasteiger partial charge in [-0.2, -0.15) is 5.10 Å². The van der Waals surface area contributed by atoms with E-state index in [1.165, 1.54) is 5.70 Å². The molecule has 4 aliphatic heterocycles. The maximum Gasteiger partial charge on any atom is 0.306 e. The van der Waals surface area contributed by atoms with Crippen molar-refractivity contribution >= 4 is 29.4 Å². The van der Waals surface area contributed by atoms with Crippen LogP contribution in [0.4, 0.5) is 0 Å². The van der Waals surface area contributed by atoms with E-state index in [0.717, 1.165) is 62.1 Å². The fraction of sp³-hybridized carbons (Fsp3) is 0.625. The van der Waals surface area contributed by atoms with Gasteiger partial charge in [-0.15, -0.1) is 11.8 Å². The van der Waals surface area contributed by atoms with Crippen LogP contribution in [0.25, 0.3) is 0 Å². The van der Waals surface area contributed by atoms with Gasteiger partial charge in [-0.1, -0.05) is 6.92 Å². The number of esters is 1. The third-order valence-electron chi connectivity index (χ3n) is 6.69. The quantitative estimate of drug-likeness (QED) is 0.547. The number of hydrazone groups is 1. The highest BCUT2D eigenvalue weighted by atomic mass is 32.2. The van der Waals surface area contributed by atoms with Gasteiger partial charge in [-0.05, 0) is 56.6 Å².